The Labute approximate surface area is 113 Å². The second-order valence-electron chi connectivity index (χ2n) is 5.08. The second-order valence-corrected chi connectivity index (χ2v) is 6.07. The van der Waals surface area contributed by atoms with Gasteiger partial charge >= 0.3 is 0 Å². The molecular weight excluding hydrogens is 276 g/mol. The Balaban J connectivity index is 1.88. The first-order chi connectivity index (χ1) is 8.27. The summed E-state index contributed by atoms with van der Waals surface area (Å²) < 4.78 is 5.41. The van der Waals surface area contributed by atoms with Gasteiger partial charge in [-0.2, -0.15) is 0 Å². The highest BCUT2D eigenvalue weighted by atomic mass is 79.9. The highest BCUT2D eigenvalue weighted by Gasteiger charge is 2.22. The minimum absolute atomic E-state index is 0.478. The summed E-state index contributed by atoms with van der Waals surface area (Å²) in [6, 6.07) is 10.7. The molecule has 2 atom stereocenters. The lowest BCUT2D eigenvalue weighted by molar-refractivity contribution is 0.0593. The monoisotopic (exact) mass is 296 g/mol. The molecule has 17 heavy (non-hydrogen) atoms. The van der Waals surface area contributed by atoms with Crippen LogP contribution in [0.2, 0.25) is 0 Å². The number of rotatable bonds is 4. The first-order valence-electron chi connectivity index (χ1n) is 6.54. The molecule has 0 aliphatic carbocycles. The Hall–Kier alpha value is -0.340. The fourth-order valence-electron chi connectivity index (χ4n) is 2.59. The average Bonchev–Trinajstić information content (AvgIpc) is 2.40. The number of benzene rings is 1. The molecule has 1 aromatic rings. The molecule has 1 aliphatic rings. The molecule has 2 rings (SSSR count). The van der Waals surface area contributed by atoms with Crippen molar-refractivity contribution in [1.82, 2.24) is 0 Å². The molecule has 1 aliphatic heterocycles. The molecule has 2 heteroatoms. The molecular formula is C15H21BrO. The van der Waals surface area contributed by atoms with Gasteiger partial charge in [-0.3, -0.25) is 0 Å². The average molecular weight is 297 g/mol. The van der Waals surface area contributed by atoms with Crippen LogP contribution in [0.4, 0.5) is 0 Å². The van der Waals surface area contributed by atoms with Crippen molar-refractivity contribution in [2.45, 2.75) is 31.0 Å². The molecule has 0 aromatic heterocycles. The number of alkyl halides is 1. The summed E-state index contributed by atoms with van der Waals surface area (Å²) in [6.07, 6.45) is 3.77. The minimum atomic E-state index is 0.478. The van der Waals surface area contributed by atoms with E-state index in [0.717, 1.165) is 19.1 Å². The molecule has 0 spiro atoms. The van der Waals surface area contributed by atoms with Crippen LogP contribution in [-0.4, -0.2) is 13.2 Å². The van der Waals surface area contributed by atoms with Gasteiger partial charge < -0.3 is 4.74 Å². The predicted octanol–water partition coefficient (Wildman–Crippen LogP) is 4.58. The van der Waals surface area contributed by atoms with E-state index in [9.17, 15) is 0 Å². The molecule has 0 bridgehead atoms. The highest BCUT2D eigenvalue weighted by molar-refractivity contribution is 9.09. The number of halogens is 1. The lowest BCUT2D eigenvalue weighted by Gasteiger charge is -2.27. The van der Waals surface area contributed by atoms with Crippen LogP contribution in [0.3, 0.4) is 0 Å². The van der Waals surface area contributed by atoms with Crippen LogP contribution in [0.5, 0.6) is 0 Å². The van der Waals surface area contributed by atoms with Gasteiger partial charge in [0.15, 0.2) is 0 Å². The van der Waals surface area contributed by atoms with E-state index in [1.54, 1.807) is 0 Å². The largest absolute Gasteiger partial charge is 0.381 e. The van der Waals surface area contributed by atoms with Crippen LogP contribution in [0.25, 0.3) is 0 Å². The molecule has 0 amide bonds. The molecule has 0 radical (unpaired) electrons. The van der Waals surface area contributed by atoms with Gasteiger partial charge in [-0.05, 0) is 36.7 Å². The Kier molecular flexibility index (Phi) is 5.05. The second kappa shape index (κ2) is 6.55. The Bertz CT molecular complexity index is 319. The lowest BCUT2D eigenvalue weighted by atomic mass is 9.86. The zero-order valence-electron chi connectivity index (χ0n) is 10.4. The smallest absolute Gasteiger partial charge is 0.0468 e. The van der Waals surface area contributed by atoms with E-state index < -0.39 is 0 Å². The molecule has 0 saturated carbocycles. The van der Waals surface area contributed by atoms with Crippen molar-refractivity contribution in [3.63, 3.8) is 0 Å². The van der Waals surface area contributed by atoms with E-state index >= 15 is 0 Å². The van der Waals surface area contributed by atoms with Crippen LogP contribution in [0.1, 0.15) is 36.6 Å². The van der Waals surface area contributed by atoms with Crippen molar-refractivity contribution in [3.05, 3.63) is 35.9 Å². The zero-order chi connectivity index (χ0) is 12.1. The molecule has 1 aromatic carbocycles. The first-order valence-corrected chi connectivity index (χ1v) is 7.45. The standard InChI is InChI=1S/C15H21BrO/c1-12(11-13-7-9-17-10-8-13)15(16)14-5-3-2-4-6-14/h2-6,12-13,15H,7-11H2,1H3. The van der Waals surface area contributed by atoms with Gasteiger partial charge in [0.2, 0.25) is 0 Å². The lowest BCUT2D eigenvalue weighted by Crippen LogP contribution is -2.19. The third kappa shape index (κ3) is 3.82. The Morgan fingerprint density at radius 1 is 1.24 bits per heavy atom. The summed E-state index contributed by atoms with van der Waals surface area (Å²) in [6.45, 7) is 4.26. The molecule has 1 fully saturated rings. The zero-order valence-corrected chi connectivity index (χ0v) is 12.0. The van der Waals surface area contributed by atoms with Crippen LogP contribution < -0.4 is 0 Å². The summed E-state index contributed by atoms with van der Waals surface area (Å²) in [5, 5.41) is 0. The molecule has 2 unspecified atom stereocenters. The number of hydrogen-bond donors (Lipinski definition) is 0. The van der Waals surface area contributed by atoms with Crippen molar-refractivity contribution in [1.29, 1.82) is 0 Å². The summed E-state index contributed by atoms with van der Waals surface area (Å²) in [4.78, 5) is 0.478. The first kappa shape index (κ1) is 13.1. The summed E-state index contributed by atoms with van der Waals surface area (Å²) in [7, 11) is 0. The minimum Gasteiger partial charge on any atom is -0.381 e. The normalized spacial score (nSPS) is 21.1. The van der Waals surface area contributed by atoms with Gasteiger partial charge in [-0.25, -0.2) is 0 Å². The Morgan fingerprint density at radius 2 is 1.88 bits per heavy atom. The van der Waals surface area contributed by atoms with E-state index in [1.165, 1.54) is 24.8 Å². The number of ether oxygens (including phenoxy) is 1. The van der Waals surface area contributed by atoms with Crippen molar-refractivity contribution in [3.8, 4) is 0 Å². The van der Waals surface area contributed by atoms with E-state index in [1.807, 2.05) is 0 Å². The van der Waals surface area contributed by atoms with Gasteiger partial charge in [-0.15, -0.1) is 0 Å². The molecule has 94 valence electrons. The van der Waals surface area contributed by atoms with Crippen molar-refractivity contribution >= 4 is 15.9 Å². The SMILES string of the molecule is CC(CC1CCOCC1)C(Br)c1ccccc1. The molecule has 1 heterocycles. The fourth-order valence-corrected chi connectivity index (χ4v) is 3.11. The van der Waals surface area contributed by atoms with Crippen LogP contribution in [0, 0.1) is 11.8 Å². The maximum absolute atomic E-state index is 5.41. The van der Waals surface area contributed by atoms with Gasteiger partial charge in [0.05, 0.1) is 0 Å². The van der Waals surface area contributed by atoms with Crippen molar-refractivity contribution < 1.29 is 4.74 Å². The third-order valence-corrected chi connectivity index (χ3v) is 5.09. The molecule has 0 N–H and O–H groups in total. The van der Waals surface area contributed by atoms with E-state index in [-0.39, 0.29) is 0 Å². The van der Waals surface area contributed by atoms with Gasteiger partial charge in [0, 0.05) is 18.0 Å². The van der Waals surface area contributed by atoms with E-state index in [0.29, 0.717) is 10.7 Å². The molecule has 1 saturated heterocycles. The van der Waals surface area contributed by atoms with Crippen LogP contribution in [0.15, 0.2) is 30.3 Å². The Morgan fingerprint density at radius 3 is 2.53 bits per heavy atom. The quantitative estimate of drug-likeness (QED) is 0.739. The van der Waals surface area contributed by atoms with Gasteiger partial charge in [-0.1, -0.05) is 53.2 Å². The maximum Gasteiger partial charge on any atom is 0.0468 e. The number of hydrogen-bond acceptors (Lipinski definition) is 1. The summed E-state index contributed by atoms with van der Waals surface area (Å²) in [5.74, 6) is 1.53. The fraction of sp³-hybridized carbons (Fsp3) is 0.600. The van der Waals surface area contributed by atoms with Crippen LogP contribution >= 0.6 is 15.9 Å². The third-order valence-electron chi connectivity index (χ3n) is 3.66. The van der Waals surface area contributed by atoms with E-state index in [4.69, 9.17) is 4.74 Å². The summed E-state index contributed by atoms with van der Waals surface area (Å²) in [5.41, 5.74) is 1.40. The summed E-state index contributed by atoms with van der Waals surface area (Å²) >= 11 is 3.85. The van der Waals surface area contributed by atoms with Crippen molar-refractivity contribution in [2.75, 3.05) is 13.2 Å². The van der Waals surface area contributed by atoms with Crippen molar-refractivity contribution in [2.24, 2.45) is 11.8 Å². The predicted molar refractivity (Wildman–Crippen MR) is 75.4 cm³/mol. The van der Waals surface area contributed by atoms with E-state index in [2.05, 4.69) is 53.2 Å². The van der Waals surface area contributed by atoms with Gasteiger partial charge in [0.25, 0.3) is 0 Å². The topological polar surface area (TPSA) is 9.23 Å². The highest BCUT2D eigenvalue weighted by Crippen LogP contribution is 2.36. The maximum atomic E-state index is 5.41. The van der Waals surface area contributed by atoms with Crippen LogP contribution in [-0.2, 0) is 4.74 Å². The molecule has 1 nitrogen and oxygen atoms in total. The van der Waals surface area contributed by atoms with Gasteiger partial charge in [0.1, 0.15) is 0 Å².